The van der Waals surface area contributed by atoms with Gasteiger partial charge in [0.25, 0.3) is 0 Å². The second-order valence-corrected chi connectivity index (χ2v) is 9.60. The van der Waals surface area contributed by atoms with E-state index in [1.807, 2.05) is 6.07 Å². The third-order valence-electron chi connectivity index (χ3n) is 6.66. The third-order valence-corrected chi connectivity index (χ3v) is 8.08. The molecule has 0 amide bonds. The SMILES string of the molecule is CCc1ccc(Cc2cccc3c4c(sc23)C2(OCC4)O[C@H](CO)[C@H](O)[C@@H](O)[C@H]2O)cc1. The summed E-state index contributed by atoms with van der Waals surface area (Å²) in [7, 11) is 0. The molecule has 7 heteroatoms. The summed E-state index contributed by atoms with van der Waals surface area (Å²) in [6, 6.07) is 14.9. The molecule has 1 spiro atoms. The van der Waals surface area contributed by atoms with Gasteiger partial charge in [0.2, 0.25) is 5.79 Å². The van der Waals surface area contributed by atoms with Crippen LogP contribution in [0.2, 0.25) is 0 Å². The first-order valence-corrected chi connectivity index (χ1v) is 11.9. The molecule has 5 atom stereocenters. The Bertz CT molecular complexity index is 1110. The summed E-state index contributed by atoms with van der Waals surface area (Å²) in [6.07, 6.45) is -2.98. The van der Waals surface area contributed by atoms with Crippen LogP contribution in [0, 0.1) is 0 Å². The predicted octanol–water partition coefficient (Wildman–Crippen LogP) is 2.25. The molecule has 6 nitrogen and oxygen atoms in total. The number of aliphatic hydroxyl groups is 4. The number of aliphatic hydroxyl groups excluding tert-OH is 4. The van der Waals surface area contributed by atoms with Crippen molar-refractivity contribution in [2.75, 3.05) is 13.2 Å². The molecule has 0 aliphatic carbocycles. The molecule has 32 heavy (non-hydrogen) atoms. The van der Waals surface area contributed by atoms with Crippen molar-refractivity contribution in [2.24, 2.45) is 0 Å². The second kappa shape index (κ2) is 8.50. The molecule has 170 valence electrons. The first kappa shape index (κ1) is 22.0. The molecule has 1 fully saturated rings. The number of rotatable bonds is 4. The zero-order chi connectivity index (χ0) is 22.5. The van der Waals surface area contributed by atoms with E-state index < -0.39 is 36.8 Å². The summed E-state index contributed by atoms with van der Waals surface area (Å²) in [6.45, 7) is 1.96. The Labute approximate surface area is 190 Å². The fourth-order valence-corrected chi connectivity index (χ4v) is 6.31. The molecule has 2 aliphatic heterocycles. The number of hydrogen-bond donors (Lipinski definition) is 4. The van der Waals surface area contributed by atoms with E-state index in [4.69, 9.17) is 9.47 Å². The van der Waals surface area contributed by atoms with E-state index in [1.54, 1.807) is 0 Å². The number of ether oxygens (including phenoxy) is 2. The lowest BCUT2D eigenvalue weighted by Crippen LogP contribution is -2.65. The lowest BCUT2D eigenvalue weighted by atomic mass is 9.88. The van der Waals surface area contributed by atoms with Gasteiger partial charge < -0.3 is 29.9 Å². The van der Waals surface area contributed by atoms with Crippen molar-refractivity contribution in [1.82, 2.24) is 0 Å². The van der Waals surface area contributed by atoms with Crippen molar-refractivity contribution in [3.63, 3.8) is 0 Å². The normalized spacial score (nSPS) is 30.0. The number of aryl methyl sites for hydroxylation is 1. The molecule has 1 unspecified atom stereocenters. The van der Waals surface area contributed by atoms with Gasteiger partial charge in [-0.15, -0.1) is 11.3 Å². The highest BCUT2D eigenvalue weighted by Crippen LogP contribution is 2.49. The van der Waals surface area contributed by atoms with Gasteiger partial charge in [-0.1, -0.05) is 49.4 Å². The van der Waals surface area contributed by atoms with Gasteiger partial charge in [0.15, 0.2) is 0 Å². The topological polar surface area (TPSA) is 99.4 Å². The maximum atomic E-state index is 10.9. The van der Waals surface area contributed by atoms with Gasteiger partial charge in [-0.3, -0.25) is 0 Å². The molecular weight excluding hydrogens is 428 g/mol. The van der Waals surface area contributed by atoms with Gasteiger partial charge >= 0.3 is 0 Å². The summed E-state index contributed by atoms with van der Waals surface area (Å²) >= 11 is 1.49. The van der Waals surface area contributed by atoms with Crippen LogP contribution in [0.5, 0.6) is 0 Å². The lowest BCUT2D eigenvalue weighted by molar-refractivity contribution is -0.374. The minimum Gasteiger partial charge on any atom is -0.394 e. The van der Waals surface area contributed by atoms with E-state index >= 15 is 0 Å². The van der Waals surface area contributed by atoms with Crippen LogP contribution in [-0.4, -0.2) is 58.1 Å². The van der Waals surface area contributed by atoms with Crippen molar-refractivity contribution >= 4 is 21.4 Å². The predicted molar refractivity (Wildman–Crippen MR) is 122 cm³/mol. The summed E-state index contributed by atoms with van der Waals surface area (Å²) in [5.74, 6) is -1.61. The van der Waals surface area contributed by atoms with Crippen LogP contribution in [0.1, 0.15) is 34.1 Å². The average molecular weight is 457 g/mol. The minimum atomic E-state index is -1.61. The Kier molecular flexibility index (Phi) is 5.84. The van der Waals surface area contributed by atoms with Crippen LogP contribution < -0.4 is 0 Å². The Morgan fingerprint density at radius 1 is 1.03 bits per heavy atom. The van der Waals surface area contributed by atoms with E-state index in [-0.39, 0.29) is 0 Å². The summed E-state index contributed by atoms with van der Waals surface area (Å²) in [4.78, 5) is 0.699. The first-order valence-electron chi connectivity index (χ1n) is 11.1. The Morgan fingerprint density at radius 3 is 2.50 bits per heavy atom. The highest BCUT2D eigenvalue weighted by molar-refractivity contribution is 7.19. The summed E-state index contributed by atoms with van der Waals surface area (Å²) in [5.41, 5.74) is 4.73. The molecule has 3 aromatic rings. The van der Waals surface area contributed by atoms with Crippen molar-refractivity contribution in [1.29, 1.82) is 0 Å². The van der Waals surface area contributed by atoms with Gasteiger partial charge in [0.1, 0.15) is 24.4 Å². The number of fused-ring (bicyclic) bond motifs is 4. The highest BCUT2D eigenvalue weighted by Gasteiger charge is 2.58. The largest absolute Gasteiger partial charge is 0.394 e. The van der Waals surface area contributed by atoms with E-state index in [2.05, 4.69) is 43.3 Å². The molecular formula is C25H28O6S. The van der Waals surface area contributed by atoms with Gasteiger partial charge in [-0.25, -0.2) is 0 Å². The number of benzene rings is 2. The maximum absolute atomic E-state index is 10.9. The smallest absolute Gasteiger partial charge is 0.234 e. The Morgan fingerprint density at radius 2 is 1.78 bits per heavy atom. The third kappa shape index (κ3) is 3.40. The van der Waals surface area contributed by atoms with Crippen LogP contribution in [0.3, 0.4) is 0 Å². The lowest BCUT2D eigenvalue weighted by Gasteiger charge is -2.49. The zero-order valence-electron chi connectivity index (χ0n) is 17.9. The van der Waals surface area contributed by atoms with Gasteiger partial charge in [0, 0.05) is 4.70 Å². The van der Waals surface area contributed by atoms with Crippen LogP contribution in [-0.2, 0) is 34.5 Å². The number of hydrogen-bond acceptors (Lipinski definition) is 7. The monoisotopic (exact) mass is 456 g/mol. The molecule has 4 N–H and O–H groups in total. The number of thiophene rings is 1. The van der Waals surface area contributed by atoms with Gasteiger partial charge in [0.05, 0.1) is 18.1 Å². The van der Waals surface area contributed by atoms with Crippen molar-refractivity contribution in [3.8, 4) is 0 Å². The summed E-state index contributed by atoms with van der Waals surface area (Å²) < 4.78 is 13.0. The van der Waals surface area contributed by atoms with E-state index in [1.165, 1.54) is 28.0 Å². The molecule has 0 bridgehead atoms. The zero-order valence-corrected chi connectivity index (χ0v) is 18.7. The van der Waals surface area contributed by atoms with Gasteiger partial charge in [-0.05, 0) is 46.9 Å². The summed E-state index contributed by atoms with van der Waals surface area (Å²) in [5, 5.41) is 42.4. The quantitative estimate of drug-likeness (QED) is 0.481. The minimum absolute atomic E-state index is 0.305. The van der Waals surface area contributed by atoms with E-state index in [0.717, 1.165) is 28.5 Å². The molecule has 1 saturated heterocycles. The van der Waals surface area contributed by atoms with Crippen molar-refractivity contribution in [2.45, 2.75) is 56.4 Å². The van der Waals surface area contributed by atoms with Crippen LogP contribution in [0.4, 0.5) is 0 Å². The molecule has 2 aliphatic rings. The standard InChI is InChI=1S/C25H28O6S/c1-2-14-6-8-15(9-7-14)12-16-4-3-5-17-18-10-11-30-25(24(18)32-22(16)17)23(29)21(28)20(27)19(13-26)31-25/h3-9,19-21,23,26-29H,2,10-13H2,1H3/t19-,20+,21-,23-,25?/m1/s1. The molecule has 0 saturated carbocycles. The second-order valence-electron chi connectivity index (χ2n) is 8.58. The molecule has 0 radical (unpaired) electrons. The van der Waals surface area contributed by atoms with Crippen molar-refractivity contribution < 1.29 is 29.9 Å². The van der Waals surface area contributed by atoms with Crippen LogP contribution in [0.25, 0.3) is 10.1 Å². The Hall–Kier alpha value is -1.84. The Balaban J connectivity index is 1.59. The fourth-order valence-electron chi connectivity index (χ4n) is 4.83. The van der Waals surface area contributed by atoms with Crippen LogP contribution >= 0.6 is 11.3 Å². The highest BCUT2D eigenvalue weighted by atomic mass is 32.1. The maximum Gasteiger partial charge on any atom is 0.234 e. The first-order chi connectivity index (χ1) is 15.5. The van der Waals surface area contributed by atoms with E-state index in [0.29, 0.717) is 17.9 Å². The molecule has 3 heterocycles. The van der Waals surface area contributed by atoms with Gasteiger partial charge in [-0.2, -0.15) is 0 Å². The molecule has 5 rings (SSSR count). The molecule has 1 aromatic heterocycles. The van der Waals surface area contributed by atoms with Crippen LogP contribution in [0.15, 0.2) is 42.5 Å². The van der Waals surface area contributed by atoms with E-state index in [9.17, 15) is 20.4 Å². The fraction of sp³-hybridized carbons (Fsp3) is 0.440. The molecule has 2 aromatic carbocycles. The average Bonchev–Trinajstić information content (AvgIpc) is 3.22. The van der Waals surface area contributed by atoms with Crippen molar-refractivity contribution in [3.05, 3.63) is 69.6 Å².